The summed E-state index contributed by atoms with van der Waals surface area (Å²) in [7, 11) is 1.24. The van der Waals surface area contributed by atoms with E-state index in [9.17, 15) is 14.8 Å². The van der Waals surface area contributed by atoms with Crippen LogP contribution in [-0.2, 0) is 19.1 Å². The average Bonchev–Trinajstić information content (AvgIpc) is 2.70. The van der Waals surface area contributed by atoms with Crippen molar-refractivity contribution >= 4 is 23.1 Å². The fourth-order valence-corrected chi connectivity index (χ4v) is 2.46. The highest BCUT2D eigenvalue weighted by molar-refractivity contribution is 6.22. The van der Waals surface area contributed by atoms with Crippen molar-refractivity contribution in [1.29, 1.82) is 0 Å². The van der Waals surface area contributed by atoms with E-state index in [-0.39, 0.29) is 24.5 Å². The summed E-state index contributed by atoms with van der Waals surface area (Å²) in [5.41, 5.74) is 0.887. The number of methoxy groups -OCH3 is 1. The second-order valence-electron chi connectivity index (χ2n) is 4.32. The summed E-state index contributed by atoms with van der Waals surface area (Å²) in [5, 5.41) is 10.6. The maximum atomic E-state index is 12.1. The van der Waals surface area contributed by atoms with Gasteiger partial charge in [-0.25, -0.2) is 9.59 Å². The van der Waals surface area contributed by atoms with Crippen molar-refractivity contribution in [1.82, 2.24) is 4.65 Å². The number of rotatable bonds is 1. The van der Waals surface area contributed by atoms with Gasteiger partial charge < -0.3 is 9.47 Å². The number of para-hydroxylation sites is 1. The molecule has 2 aliphatic heterocycles. The molecule has 1 fully saturated rings. The lowest BCUT2D eigenvalue weighted by molar-refractivity contribution is -0.172. The van der Waals surface area contributed by atoms with Crippen LogP contribution in [0, 0.1) is 0 Å². The van der Waals surface area contributed by atoms with E-state index in [1.807, 2.05) is 0 Å². The van der Waals surface area contributed by atoms with Gasteiger partial charge >= 0.3 is 17.8 Å². The van der Waals surface area contributed by atoms with Crippen LogP contribution in [0.2, 0.25) is 0 Å². The predicted molar refractivity (Wildman–Crippen MR) is 64.5 cm³/mol. The third-order valence-corrected chi connectivity index (χ3v) is 3.33. The molecule has 19 heavy (non-hydrogen) atoms. The molecular formula is C13H12NO5+. The average molecular weight is 262 g/mol. The van der Waals surface area contributed by atoms with E-state index >= 15 is 0 Å². The quantitative estimate of drug-likeness (QED) is 0.467. The number of hydrogen-bond acceptors (Lipinski definition) is 5. The number of benzene rings is 1. The Morgan fingerprint density at radius 3 is 2.89 bits per heavy atom. The van der Waals surface area contributed by atoms with Crippen LogP contribution in [0.25, 0.3) is 5.57 Å². The molecule has 1 aromatic rings. The molecule has 2 heterocycles. The third kappa shape index (κ3) is 1.38. The minimum absolute atomic E-state index is 0.0655. The molecule has 0 spiro atoms. The minimum Gasteiger partial charge on any atom is -0.465 e. The summed E-state index contributed by atoms with van der Waals surface area (Å²) in [6, 6.07) is 6.66. The molecule has 6 heteroatoms. The minimum atomic E-state index is -1.08. The van der Waals surface area contributed by atoms with Crippen molar-refractivity contribution < 1.29 is 24.3 Å². The van der Waals surface area contributed by atoms with Crippen molar-refractivity contribution in [2.75, 3.05) is 13.7 Å². The van der Waals surface area contributed by atoms with Gasteiger partial charge in [0.05, 0.1) is 12.7 Å². The highest BCUT2D eigenvalue weighted by Crippen LogP contribution is 2.46. The molecule has 3 rings (SSSR count). The Morgan fingerprint density at radius 1 is 1.42 bits per heavy atom. The molecule has 0 aliphatic carbocycles. The highest BCUT2D eigenvalue weighted by atomic mass is 16.6. The van der Waals surface area contributed by atoms with Gasteiger partial charge in [0, 0.05) is 6.07 Å². The third-order valence-electron chi connectivity index (χ3n) is 3.33. The number of nitrogens with zero attached hydrogens (tertiary/aromatic N) is 1. The van der Waals surface area contributed by atoms with E-state index in [4.69, 9.17) is 9.47 Å². The van der Waals surface area contributed by atoms with Gasteiger partial charge in [-0.15, -0.1) is 0 Å². The lowest BCUT2D eigenvalue weighted by atomic mass is 10.1. The first kappa shape index (κ1) is 11.9. The summed E-state index contributed by atoms with van der Waals surface area (Å²) >= 11 is 0. The van der Waals surface area contributed by atoms with E-state index in [2.05, 4.69) is 0 Å². The number of fused-ring (bicyclic) bond motifs is 3. The van der Waals surface area contributed by atoms with Crippen molar-refractivity contribution in [3.63, 3.8) is 0 Å². The zero-order valence-corrected chi connectivity index (χ0v) is 10.3. The molecule has 1 saturated heterocycles. The lowest BCUT2D eigenvalue weighted by Gasteiger charge is -2.28. The first-order chi connectivity index (χ1) is 9.10. The number of hydrogen-bond donors (Lipinski definition) is 1. The summed E-state index contributed by atoms with van der Waals surface area (Å²) in [6.45, 7) is 0.142. The lowest BCUT2D eigenvalue weighted by Crippen LogP contribution is -2.53. The monoisotopic (exact) mass is 262 g/mol. The van der Waals surface area contributed by atoms with E-state index < -0.39 is 16.5 Å². The second kappa shape index (κ2) is 3.91. The molecule has 0 saturated carbocycles. The Labute approximate surface area is 109 Å². The van der Waals surface area contributed by atoms with Crippen molar-refractivity contribution in [3.05, 3.63) is 35.7 Å². The largest absolute Gasteiger partial charge is 0.465 e. The number of hydroxylamine groups is 2. The molecule has 0 bridgehead atoms. The molecule has 0 radical (unpaired) electrons. The Kier molecular flexibility index (Phi) is 2.44. The Bertz CT molecular complexity index is 621. The zero-order valence-electron chi connectivity index (χ0n) is 10.3. The van der Waals surface area contributed by atoms with Crippen LogP contribution in [-0.4, -0.2) is 30.8 Å². The second-order valence-corrected chi connectivity index (χ2v) is 4.32. The number of esters is 1. The molecule has 0 aromatic heterocycles. The Balaban J connectivity index is 2.32. The number of quaternary nitrogens is 1. The van der Waals surface area contributed by atoms with E-state index in [0.29, 0.717) is 11.3 Å². The van der Waals surface area contributed by atoms with E-state index in [0.717, 1.165) is 0 Å². The zero-order chi connectivity index (χ0) is 13.6. The number of amides is 1. The van der Waals surface area contributed by atoms with Crippen molar-refractivity contribution in [3.8, 4) is 0 Å². The number of carbonyl (C=O) groups is 2. The molecule has 1 unspecified atom stereocenters. The van der Waals surface area contributed by atoms with Gasteiger partial charge in [-0.2, -0.15) is 5.21 Å². The summed E-state index contributed by atoms with van der Waals surface area (Å²) in [5.74, 6) is -1.12. The van der Waals surface area contributed by atoms with Gasteiger partial charge in [-0.05, 0) is 10.7 Å². The van der Waals surface area contributed by atoms with Crippen LogP contribution in [0.5, 0.6) is 0 Å². The molecule has 1 atom stereocenters. The number of carbonyl (C=O) groups excluding carboxylic acids is 2. The first-order valence-corrected chi connectivity index (χ1v) is 5.82. The standard InChI is InChI=1S/C13H12NO5/c1-18-13(16)11-8-4-2-3-5-9(8)14(17)10(15)6-7-19-12(11)14/h2-5,17H,6-7H2,1H3/q+1. The van der Waals surface area contributed by atoms with Crippen LogP contribution < -0.4 is 4.65 Å². The van der Waals surface area contributed by atoms with Gasteiger partial charge in [0.1, 0.15) is 13.0 Å². The molecule has 1 aromatic carbocycles. The van der Waals surface area contributed by atoms with Crippen LogP contribution in [0.3, 0.4) is 0 Å². The number of ether oxygens (including phenoxy) is 2. The fraction of sp³-hybridized carbons (Fsp3) is 0.231. The summed E-state index contributed by atoms with van der Waals surface area (Å²) < 4.78 is 9.00. The van der Waals surface area contributed by atoms with Crippen LogP contribution in [0.15, 0.2) is 30.1 Å². The molecule has 6 nitrogen and oxygen atoms in total. The Morgan fingerprint density at radius 2 is 2.16 bits per heavy atom. The van der Waals surface area contributed by atoms with Crippen molar-refractivity contribution in [2.24, 2.45) is 0 Å². The predicted octanol–water partition coefficient (Wildman–Crippen LogP) is 1.19. The first-order valence-electron chi connectivity index (χ1n) is 5.82. The van der Waals surface area contributed by atoms with Crippen LogP contribution >= 0.6 is 0 Å². The normalized spacial score (nSPS) is 24.6. The molecule has 98 valence electrons. The SMILES string of the molecule is COC(=O)C1=C2OCCC(=O)[N+]2(O)c2ccccc21. The molecular weight excluding hydrogens is 250 g/mol. The maximum absolute atomic E-state index is 12.1. The van der Waals surface area contributed by atoms with Crippen LogP contribution in [0.4, 0.5) is 5.69 Å². The molecule has 2 aliphatic rings. The van der Waals surface area contributed by atoms with Gasteiger partial charge in [0.15, 0.2) is 11.3 Å². The Hall–Kier alpha value is -2.18. The van der Waals surface area contributed by atoms with Gasteiger partial charge in [-0.1, -0.05) is 12.1 Å². The van der Waals surface area contributed by atoms with E-state index in [1.54, 1.807) is 24.3 Å². The van der Waals surface area contributed by atoms with Gasteiger partial charge in [0.2, 0.25) is 0 Å². The highest BCUT2D eigenvalue weighted by Gasteiger charge is 2.57. The van der Waals surface area contributed by atoms with Gasteiger partial charge in [0.25, 0.3) is 0 Å². The van der Waals surface area contributed by atoms with E-state index in [1.165, 1.54) is 7.11 Å². The maximum Gasteiger partial charge on any atom is 0.362 e. The fourth-order valence-electron chi connectivity index (χ4n) is 2.46. The molecule has 1 N–H and O–H groups in total. The topological polar surface area (TPSA) is 72.8 Å². The summed E-state index contributed by atoms with van der Waals surface area (Å²) in [6.07, 6.45) is 0.0861. The van der Waals surface area contributed by atoms with Gasteiger partial charge in [-0.3, -0.25) is 0 Å². The van der Waals surface area contributed by atoms with Crippen molar-refractivity contribution in [2.45, 2.75) is 6.42 Å². The van der Waals surface area contributed by atoms with Crippen LogP contribution in [0.1, 0.15) is 12.0 Å². The smallest absolute Gasteiger partial charge is 0.362 e. The molecule has 1 amide bonds. The summed E-state index contributed by atoms with van der Waals surface area (Å²) in [4.78, 5) is 24.0.